The maximum absolute atomic E-state index is 12.3. The molecule has 0 bridgehead atoms. The molecule has 0 saturated heterocycles. The predicted molar refractivity (Wildman–Crippen MR) is 108 cm³/mol. The van der Waals surface area contributed by atoms with Crippen LogP contribution in [0.1, 0.15) is 30.4 Å². The summed E-state index contributed by atoms with van der Waals surface area (Å²) in [6, 6.07) is 13.1. The van der Waals surface area contributed by atoms with Crippen molar-refractivity contribution in [2.45, 2.75) is 29.5 Å². The van der Waals surface area contributed by atoms with Gasteiger partial charge in [0.15, 0.2) is 0 Å². The molecule has 5 nitrogen and oxygen atoms in total. The van der Waals surface area contributed by atoms with Gasteiger partial charge in [-0.05, 0) is 37.1 Å². The average molecular weight is 395 g/mol. The molecule has 4 aromatic rings. The summed E-state index contributed by atoms with van der Waals surface area (Å²) < 4.78 is 0. The van der Waals surface area contributed by atoms with Crippen LogP contribution in [0.4, 0.5) is 0 Å². The Labute approximate surface area is 164 Å². The normalized spacial score (nSPS) is 14.1. The van der Waals surface area contributed by atoms with Crippen LogP contribution in [0.25, 0.3) is 21.8 Å². The average Bonchev–Trinajstić information content (AvgIpc) is 3.51. The topological polar surface area (TPSA) is 71.5 Å². The van der Waals surface area contributed by atoms with Crippen molar-refractivity contribution in [2.75, 3.05) is 0 Å². The molecule has 2 aromatic heterocycles. The largest absolute Gasteiger partial charge is 0.309 e. The van der Waals surface area contributed by atoms with Gasteiger partial charge in [-0.1, -0.05) is 41.6 Å². The third-order valence-corrected chi connectivity index (χ3v) is 5.83. The molecule has 1 fully saturated rings. The fourth-order valence-corrected chi connectivity index (χ4v) is 4.13. The van der Waals surface area contributed by atoms with Crippen molar-refractivity contribution in [2.24, 2.45) is 0 Å². The van der Waals surface area contributed by atoms with Gasteiger partial charge in [0.2, 0.25) is 0 Å². The van der Waals surface area contributed by atoms with Crippen molar-refractivity contribution in [1.29, 1.82) is 0 Å². The van der Waals surface area contributed by atoms with Crippen molar-refractivity contribution >= 4 is 45.2 Å². The third-order valence-electron chi connectivity index (χ3n) is 4.59. The number of H-pyrrole nitrogens is 1. The molecule has 1 N–H and O–H groups in total. The number of aromatic nitrogens is 4. The van der Waals surface area contributed by atoms with E-state index in [0.717, 1.165) is 34.6 Å². The lowest BCUT2D eigenvalue weighted by Gasteiger charge is -2.08. The van der Waals surface area contributed by atoms with Crippen LogP contribution < -0.4 is 5.56 Å². The smallest absolute Gasteiger partial charge is 0.258 e. The van der Waals surface area contributed by atoms with E-state index in [4.69, 9.17) is 21.6 Å². The van der Waals surface area contributed by atoms with Crippen LogP contribution in [0.2, 0.25) is 5.02 Å². The van der Waals surface area contributed by atoms with Crippen molar-refractivity contribution in [3.63, 3.8) is 0 Å². The highest BCUT2D eigenvalue weighted by atomic mass is 35.5. The summed E-state index contributed by atoms with van der Waals surface area (Å²) in [7, 11) is 0. The second kappa shape index (κ2) is 6.62. The fraction of sp³-hybridized carbons (Fsp3) is 0.200. The summed E-state index contributed by atoms with van der Waals surface area (Å²) in [4.78, 5) is 29.2. The number of halogens is 1. The lowest BCUT2D eigenvalue weighted by Crippen LogP contribution is -2.11. The number of hydrogen-bond donors (Lipinski definition) is 1. The first-order valence-electron chi connectivity index (χ1n) is 8.75. The zero-order valence-electron chi connectivity index (χ0n) is 14.3. The summed E-state index contributed by atoms with van der Waals surface area (Å²) in [6.07, 6.45) is 2.31. The number of hydrogen-bond acceptors (Lipinski definition) is 5. The minimum Gasteiger partial charge on any atom is -0.309 e. The number of thioether (sulfide) groups is 1. The van der Waals surface area contributed by atoms with Crippen molar-refractivity contribution in [1.82, 2.24) is 19.9 Å². The standard InChI is InChI=1S/C20H15ClN4OS/c21-12-7-8-13-16(9-12)22-17(24-19(13)26)10-27-20-14-3-1-2-4-15(14)23-18(25-20)11-5-6-11/h1-4,7-9,11H,5-6,10H2,(H,22,24,26). The Kier molecular flexibility index (Phi) is 4.10. The van der Waals surface area contributed by atoms with Gasteiger partial charge >= 0.3 is 0 Å². The maximum atomic E-state index is 12.3. The zero-order chi connectivity index (χ0) is 18.4. The molecule has 0 amide bonds. The SMILES string of the molecule is O=c1[nH]c(CSc2nc(C3CC3)nc3ccccc23)nc2cc(Cl)ccc12. The summed E-state index contributed by atoms with van der Waals surface area (Å²) >= 11 is 7.61. The van der Waals surface area contributed by atoms with E-state index >= 15 is 0 Å². The first-order valence-corrected chi connectivity index (χ1v) is 10.1. The minimum absolute atomic E-state index is 0.154. The van der Waals surface area contributed by atoms with Gasteiger partial charge in [0.1, 0.15) is 16.7 Å². The van der Waals surface area contributed by atoms with E-state index in [1.165, 1.54) is 0 Å². The van der Waals surface area contributed by atoms with Crippen LogP contribution in [-0.2, 0) is 5.75 Å². The minimum atomic E-state index is -0.154. The maximum Gasteiger partial charge on any atom is 0.258 e. The molecule has 0 radical (unpaired) electrons. The van der Waals surface area contributed by atoms with Gasteiger partial charge in [-0.2, -0.15) is 0 Å². The van der Waals surface area contributed by atoms with E-state index in [-0.39, 0.29) is 5.56 Å². The van der Waals surface area contributed by atoms with Crippen LogP contribution in [0, 0.1) is 0 Å². The molecule has 0 atom stereocenters. The van der Waals surface area contributed by atoms with Gasteiger partial charge in [-0.3, -0.25) is 4.79 Å². The number of nitrogens with zero attached hydrogens (tertiary/aromatic N) is 3. The lowest BCUT2D eigenvalue weighted by molar-refractivity contribution is 0.903. The highest BCUT2D eigenvalue weighted by Crippen LogP contribution is 2.40. The van der Waals surface area contributed by atoms with Crippen molar-refractivity contribution in [3.05, 3.63) is 69.5 Å². The number of aromatic amines is 1. The summed E-state index contributed by atoms with van der Waals surface area (Å²) in [5.74, 6) is 2.52. The Morgan fingerprint density at radius 3 is 2.74 bits per heavy atom. The van der Waals surface area contributed by atoms with E-state index in [9.17, 15) is 4.79 Å². The highest BCUT2D eigenvalue weighted by Gasteiger charge is 2.27. The number of rotatable bonds is 4. The van der Waals surface area contributed by atoms with Crippen LogP contribution in [0.15, 0.2) is 52.3 Å². The van der Waals surface area contributed by atoms with Crippen LogP contribution in [0.3, 0.4) is 0 Å². The summed E-state index contributed by atoms with van der Waals surface area (Å²) in [5.41, 5.74) is 1.41. The molecule has 27 heavy (non-hydrogen) atoms. The second-order valence-electron chi connectivity index (χ2n) is 6.64. The molecule has 0 unspecified atom stereocenters. The van der Waals surface area contributed by atoms with Gasteiger partial charge in [0.05, 0.1) is 22.2 Å². The Morgan fingerprint density at radius 2 is 1.89 bits per heavy atom. The van der Waals surface area contributed by atoms with Crippen molar-refractivity contribution in [3.8, 4) is 0 Å². The van der Waals surface area contributed by atoms with E-state index in [1.54, 1.807) is 30.0 Å². The Hall–Kier alpha value is -2.44. The van der Waals surface area contributed by atoms with Gasteiger partial charge < -0.3 is 4.98 Å². The molecular weight excluding hydrogens is 380 g/mol. The number of fused-ring (bicyclic) bond motifs is 2. The molecule has 134 valence electrons. The summed E-state index contributed by atoms with van der Waals surface area (Å²) in [5, 5.41) is 3.06. The molecule has 0 spiro atoms. The molecule has 2 heterocycles. The first-order chi connectivity index (χ1) is 13.2. The van der Waals surface area contributed by atoms with Gasteiger partial charge in [-0.15, -0.1) is 0 Å². The lowest BCUT2D eigenvalue weighted by atomic mass is 10.2. The number of benzene rings is 2. The molecule has 5 rings (SSSR count). The highest BCUT2D eigenvalue weighted by molar-refractivity contribution is 7.98. The predicted octanol–water partition coefficient (Wildman–Crippen LogP) is 4.69. The Morgan fingerprint density at radius 1 is 1.04 bits per heavy atom. The van der Waals surface area contributed by atoms with Gasteiger partial charge in [-0.25, -0.2) is 15.0 Å². The fourth-order valence-electron chi connectivity index (χ4n) is 3.06. The quantitative estimate of drug-likeness (QED) is 0.401. The molecular formula is C20H15ClN4OS. The molecule has 0 aliphatic heterocycles. The van der Waals surface area contributed by atoms with E-state index < -0.39 is 0 Å². The molecule has 1 aliphatic rings. The second-order valence-corrected chi connectivity index (χ2v) is 8.04. The number of nitrogens with one attached hydrogen (secondary N) is 1. The van der Waals surface area contributed by atoms with Crippen LogP contribution in [0.5, 0.6) is 0 Å². The van der Waals surface area contributed by atoms with Gasteiger partial charge in [0.25, 0.3) is 5.56 Å². The molecule has 7 heteroatoms. The first kappa shape index (κ1) is 16.7. The van der Waals surface area contributed by atoms with Crippen LogP contribution in [-0.4, -0.2) is 19.9 Å². The Bertz CT molecular complexity index is 1240. The zero-order valence-corrected chi connectivity index (χ0v) is 15.8. The Balaban J connectivity index is 1.51. The summed E-state index contributed by atoms with van der Waals surface area (Å²) in [6.45, 7) is 0. The van der Waals surface area contributed by atoms with Crippen molar-refractivity contribution < 1.29 is 0 Å². The number of para-hydroxylation sites is 1. The van der Waals surface area contributed by atoms with Crippen LogP contribution >= 0.6 is 23.4 Å². The van der Waals surface area contributed by atoms with E-state index in [2.05, 4.69) is 9.97 Å². The molecule has 1 saturated carbocycles. The van der Waals surface area contributed by atoms with E-state index in [0.29, 0.717) is 33.4 Å². The monoisotopic (exact) mass is 394 g/mol. The van der Waals surface area contributed by atoms with E-state index in [1.807, 2.05) is 24.3 Å². The third kappa shape index (κ3) is 3.31. The molecule has 1 aliphatic carbocycles. The molecule has 2 aromatic carbocycles. The van der Waals surface area contributed by atoms with Gasteiger partial charge in [0, 0.05) is 16.3 Å².